The molecule has 0 N–H and O–H groups in total. The maximum atomic E-state index is 13.0. The third-order valence-electron chi connectivity index (χ3n) is 5.11. The summed E-state index contributed by atoms with van der Waals surface area (Å²) in [5, 5.41) is 8.41. The smallest absolute Gasteiger partial charge is 0.234 e. The van der Waals surface area contributed by atoms with Crippen molar-refractivity contribution in [1.82, 2.24) is 24.5 Å². The van der Waals surface area contributed by atoms with E-state index in [0.29, 0.717) is 0 Å². The maximum Gasteiger partial charge on any atom is 0.234 e. The van der Waals surface area contributed by atoms with Crippen molar-refractivity contribution in [2.24, 2.45) is 19.5 Å². The third-order valence-corrected chi connectivity index (χ3v) is 5.11. The molecule has 2 aliphatic heterocycles. The molecule has 0 unspecified atom stereocenters. The molecule has 0 bridgehead atoms. The van der Waals surface area contributed by atoms with E-state index in [0.717, 1.165) is 44.7 Å². The van der Waals surface area contributed by atoms with Gasteiger partial charge in [0.25, 0.3) is 0 Å². The second-order valence-electron chi connectivity index (χ2n) is 6.84. The number of anilines is 1. The SMILES string of the molecule is Cn1cc(CN2CC[C@@]3(CCN(c4cnn(C)c4)C3=O)C2)cn1. The average molecular weight is 314 g/mol. The van der Waals surface area contributed by atoms with Crippen molar-refractivity contribution in [2.75, 3.05) is 24.5 Å². The highest BCUT2D eigenvalue weighted by Gasteiger charge is 2.51. The van der Waals surface area contributed by atoms with Crippen LogP contribution in [0, 0.1) is 5.41 Å². The largest absolute Gasteiger partial charge is 0.309 e. The number of hydrogen-bond donors (Lipinski definition) is 0. The summed E-state index contributed by atoms with van der Waals surface area (Å²) in [6.07, 6.45) is 9.53. The Balaban J connectivity index is 1.46. The number of carbonyl (C=O) groups excluding carboxylic acids is 1. The molecule has 2 saturated heterocycles. The summed E-state index contributed by atoms with van der Waals surface area (Å²) in [4.78, 5) is 17.3. The predicted molar refractivity (Wildman–Crippen MR) is 85.7 cm³/mol. The maximum absolute atomic E-state index is 13.0. The van der Waals surface area contributed by atoms with Gasteiger partial charge in [-0.25, -0.2) is 0 Å². The van der Waals surface area contributed by atoms with Crippen molar-refractivity contribution >= 4 is 11.6 Å². The van der Waals surface area contributed by atoms with Gasteiger partial charge in [0, 0.05) is 51.7 Å². The fourth-order valence-corrected chi connectivity index (χ4v) is 3.90. The van der Waals surface area contributed by atoms with Crippen LogP contribution in [-0.4, -0.2) is 50.0 Å². The fraction of sp³-hybridized carbons (Fsp3) is 0.562. The highest BCUT2D eigenvalue weighted by Crippen LogP contribution is 2.42. The molecule has 4 heterocycles. The Kier molecular flexibility index (Phi) is 3.26. The highest BCUT2D eigenvalue weighted by atomic mass is 16.2. The zero-order valence-electron chi connectivity index (χ0n) is 13.6. The van der Waals surface area contributed by atoms with Crippen molar-refractivity contribution in [3.05, 3.63) is 30.4 Å². The lowest BCUT2D eigenvalue weighted by molar-refractivity contribution is -0.125. The Labute approximate surface area is 135 Å². The molecule has 2 fully saturated rings. The van der Waals surface area contributed by atoms with E-state index < -0.39 is 0 Å². The molecule has 23 heavy (non-hydrogen) atoms. The Hall–Kier alpha value is -2.15. The lowest BCUT2D eigenvalue weighted by Crippen LogP contribution is -2.36. The van der Waals surface area contributed by atoms with Gasteiger partial charge < -0.3 is 4.90 Å². The highest BCUT2D eigenvalue weighted by molar-refractivity contribution is 6.00. The van der Waals surface area contributed by atoms with E-state index in [9.17, 15) is 4.79 Å². The first-order valence-electron chi connectivity index (χ1n) is 8.06. The quantitative estimate of drug-likeness (QED) is 0.840. The van der Waals surface area contributed by atoms with Crippen LogP contribution in [0.25, 0.3) is 0 Å². The zero-order chi connectivity index (χ0) is 16.0. The van der Waals surface area contributed by atoms with Crippen LogP contribution in [0.3, 0.4) is 0 Å². The topological polar surface area (TPSA) is 59.2 Å². The molecule has 0 aliphatic carbocycles. The lowest BCUT2D eigenvalue weighted by atomic mass is 9.85. The van der Waals surface area contributed by atoms with Crippen LogP contribution in [0.15, 0.2) is 24.8 Å². The molecule has 1 atom stereocenters. The van der Waals surface area contributed by atoms with Gasteiger partial charge in [0.15, 0.2) is 0 Å². The minimum atomic E-state index is -0.210. The van der Waals surface area contributed by atoms with Crippen LogP contribution in [-0.2, 0) is 25.4 Å². The van der Waals surface area contributed by atoms with Gasteiger partial charge in [0.05, 0.1) is 23.5 Å². The van der Waals surface area contributed by atoms with E-state index in [2.05, 4.69) is 15.1 Å². The number of rotatable bonds is 3. The molecule has 1 amide bonds. The molecule has 122 valence electrons. The van der Waals surface area contributed by atoms with Crippen LogP contribution >= 0.6 is 0 Å². The first-order valence-corrected chi connectivity index (χ1v) is 8.06. The molecule has 7 heteroatoms. The lowest BCUT2D eigenvalue weighted by Gasteiger charge is -2.23. The first-order chi connectivity index (χ1) is 11.1. The van der Waals surface area contributed by atoms with Crippen LogP contribution < -0.4 is 4.90 Å². The molecule has 4 rings (SSSR count). The summed E-state index contributed by atoms with van der Waals surface area (Å²) in [6, 6.07) is 0. The summed E-state index contributed by atoms with van der Waals surface area (Å²) < 4.78 is 3.57. The number of nitrogens with zero attached hydrogens (tertiary/aromatic N) is 6. The molecule has 1 spiro atoms. The van der Waals surface area contributed by atoms with E-state index in [1.807, 2.05) is 42.3 Å². The molecule has 2 aromatic heterocycles. The van der Waals surface area contributed by atoms with Gasteiger partial charge in [-0.15, -0.1) is 0 Å². The minimum Gasteiger partial charge on any atom is -0.309 e. The summed E-state index contributed by atoms with van der Waals surface area (Å²) in [7, 11) is 3.81. The standard InChI is InChI=1S/C16H22N6O/c1-19-9-13(7-17-19)10-21-5-3-16(12-21)4-6-22(15(16)23)14-8-18-20(2)11-14/h7-9,11H,3-6,10,12H2,1-2H3/t16-/m1/s1. The fourth-order valence-electron chi connectivity index (χ4n) is 3.90. The third kappa shape index (κ3) is 2.45. The molecule has 0 aromatic carbocycles. The van der Waals surface area contributed by atoms with Gasteiger partial charge in [-0.05, 0) is 19.4 Å². The molecule has 0 radical (unpaired) electrons. The molecular weight excluding hydrogens is 292 g/mol. The Bertz CT molecular complexity index is 735. The summed E-state index contributed by atoms with van der Waals surface area (Å²) in [6.45, 7) is 3.49. The number of aryl methyl sites for hydroxylation is 2. The van der Waals surface area contributed by atoms with E-state index in [1.54, 1.807) is 10.9 Å². The first kappa shape index (κ1) is 14.4. The summed E-state index contributed by atoms with van der Waals surface area (Å²) in [5.41, 5.74) is 1.91. The van der Waals surface area contributed by atoms with Crippen LogP contribution in [0.2, 0.25) is 0 Å². The molecular formula is C16H22N6O. The molecule has 2 aromatic rings. The van der Waals surface area contributed by atoms with E-state index >= 15 is 0 Å². The van der Waals surface area contributed by atoms with Gasteiger partial charge in [-0.1, -0.05) is 0 Å². The van der Waals surface area contributed by atoms with Gasteiger partial charge in [0.1, 0.15) is 0 Å². The number of amides is 1. The van der Waals surface area contributed by atoms with Gasteiger partial charge in [0.2, 0.25) is 5.91 Å². The van der Waals surface area contributed by atoms with Crippen molar-refractivity contribution in [3.8, 4) is 0 Å². The zero-order valence-corrected chi connectivity index (χ0v) is 13.6. The van der Waals surface area contributed by atoms with Crippen molar-refractivity contribution < 1.29 is 4.79 Å². The van der Waals surface area contributed by atoms with E-state index in [1.165, 1.54) is 5.56 Å². The Morgan fingerprint density at radius 2 is 1.83 bits per heavy atom. The van der Waals surface area contributed by atoms with Gasteiger partial charge in [-0.2, -0.15) is 10.2 Å². The van der Waals surface area contributed by atoms with E-state index in [-0.39, 0.29) is 11.3 Å². The van der Waals surface area contributed by atoms with Gasteiger partial charge >= 0.3 is 0 Å². The van der Waals surface area contributed by atoms with Crippen molar-refractivity contribution in [1.29, 1.82) is 0 Å². The number of aromatic nitrogens is 4. The van der Waals surface area contributed by atoms with Crippen molar-refractivity contribution in [2.45, 2.75) is 19.4 Å². The Morgan fingerprint density at radius 1 is 1.09 bits per heavy atom. The number of carbonyl (C=O) groups is 1. The number of hydrogen-bond acceptors (Lipinski definition) is 4. The minimum absolute atomic E-state index is 0.210. The second-order valence-corrected chi connectivity index (χ2v) is 6.84. The van der Waals surface area contributed by atoms with Crippen LogP contribution in [0.1, 0.15) is 18.4 Å². The second kappa shape index (κ2) is 5.19. The average Bonchev–Trinajstić information content (AvgIpc) is 3.26. The van der Waals surface area contributed by atoms with Crippen LogP contribution in [0.4, 0.5) is 5.69 Å². The van der Waals surface area contributed by atoms with Crippen molar-refractivity contribution in [3.63, 3.8) is 0 Å². The van der Waals surface area contributed by atoms with Crippen LogP contribution in [0.5, 0.6) is 0 Å². The molecule has 2 aliphatic rings. The predicted octanol–water partition coefficient (Wildman–Crippen LogP) is 0.783. The molecule has 0 saturated carbocycles. The Morgan fingerprint density at radius 3 is 2.52 bits per heavy atom. The van der Waals surface area contributed by atoms with E-state index in [4.69, 9.17) is 0 Å². The monoisotopic (exact) mass is 314 g/mol. The number of likely N-dealkylation sites (tertiary alicyclic amines) is 1. The summed E-state index contributed by atoms with van der Waals surface area (Å²) >= 11 is 0. The normalized spacial score (nSPS) is 25.1. The molecule has 7 nitrogen and oxygen atoms in total. The summed E-state index contributed by atoms with van der Waals surface area (Å²) in [5.74, 6) is 0.263. The van der Waals surface area contributed by atoms with Gasteiger partial charge in [-0.3, -0.25) is 19.1 Å².